The molecule has 0 aromatic carbocycles. The molecule has 1 aliphatic carbocycles. The summed E-state index contributed by atoms with van der Waals surface area (Å²) in [6.07, 6.45) is 1.08. The molecule has 0 radical (unpaired) electrons. The second-order valence-corrected chi connectivity index (χ2v) is 5.44. The molecular weight excluding hydrogens is 249 g/mol. The molecule has 0 bridgehead atoms. The highest BCUT2D eigenvalue weighted by molar-refractivity contribution is 8.00. The number of aromatic nitrogens is 1. The van der Waals surface area contributed by atoms with E-state index in [-0.39, 0.29) is 4.75 Å². The third-order valence-corrected chi connectivity index (χ3v) is 4.32. The Morgan fingerprint density at radius 1 is 1.47 bits per heavy atom. The van der Waals surface area contributed by atoms with Crippen molar-refractivity contribution in [1.29, 1.82) is 0 Å². The number of hydrogen-bond donors (Lipinski definition) is 1. The maximum absolute atomic E-state index is 12.4. The molecule has 0 aliphatic heterocycles. The molecule has 1 aliphatic rings. The van der Waals surface area contributed by atoms with E-state index in [1.165, 1.54) is 6.20 Å². The van der Waals surface area contributed by atoms with Crippen molar-refractivity contribution in [3.63, 3.8) is 0 Å². The van der Waals surface area contributed by atoms with Gasteiger partial charge in [-0.05, 0) is 31.2 Å². The van der Waals surface area contributed by atoms with E-state index in [1.54, 1.807) is 17.8 Å². The molecule has 6 heteroatoms. The lowest BCUT2D eigenvalue weighted by atomic mass is 10.3. The minimum absolute atomic E-state index is 0.224. The first-order valence-corrected chi connectivity index (χ1v) is 6.50. The lowest BCUT2D eigenvalue weighted by Gasteiger charge is -2.15. The summed E-state index contributed by atoms with van der Waals surface area (Å²) in [5.41, 5.74) is -0.371. The van der Waals surface area contributed by atoms with E-state index in [2.05, 4.69) is 10.3 Å². The number of halogens is 3. The molecule has 2 rings (SSSR count). The van der Waals surface area contributed by atoms with Crippen molar-refractivity contribution >= 4 is 17.4 Å². The summed E-state index contributed by atoms with van der Waals surface area (Å²) in [4.78, 5) is 3.32. The lowest BCUT2D eigenvalue weighted by molar-refractivity contribution is -0.141. The summed E-state index contributed by atoms with van der Waals surface area (Å²) in [7, 11) is 0. The Morgan fingerprint density at radius 3 is 2.71 bits per heavy atom. The summed E-state index contributed by atoms with van der Waals surface area (Å²) in [6, 6.07) is 2.61. The van der Waals surface area contributed by atoms with Gasteiger partial charge in [0.15, 0.2) is 0 Å². The van der Waals surface area contributed by atoms with E-state index in [9.17, 15) is 13.2 Å². The van der Waals surface area contributed by atoms with Crippen LogP contribution < -0.4 is 5.32 Å². The van der Waals surface area contributed by atoms with Gasteiger partial charge in [0, 0.05) is 23.2 Å². The molecule has 0 atom stereocenters. The Kier molecular flexibility index (Phi) is 3.25. The number of nitrogens with one attached hydrogen (secondary N) is 1. The van der Waals surface area contributed by atoms with Gasteiger partial charge in [0.2, 0.25) is 0 Å². The zero-order valence-corrected chi connectivity index (χ0v) is 10.2. The predicted octanol–water partition coefficient (Wildman–Crippen LogP) is 3.41. The quantitative estimate of drug-likeness (QED) is 0.900. The van der Waals surface area contributed by atoms with Crippen LogP contribution in [0, 0.1) is 0 Å². The number of pyridine rings is 1. The molecule has 1 aromatic rings. The fourth-order valence-corrected chi connectivity index (χ4v) is 2.28. The molecule has 17 heavy (non-hydrogen) atoms. The van der Waals surface area contributed by atoms with Crippen molar-refractivity contribution in [2.75, 3.05) is 18.1 Å². The van der Waals surface area contributed by atoms with Gasteiger partial charge >= 0.3 is 6.18 Å². The van der Waals surface area contributed by atoms with Crippen LogP contribution in [0.25, 0.3) is 0 Å². The number of alkyl halides is 3. The van der Waals surface area contributed by atoms with Crippen molar-refractivity contribution in [1.82, 2.24) is 4.98 Å². The van der Waals surface area contributed by atoms with Crippen LogP contribution in [0.5, 0.6) is 0 Å². The van der Waals surface area contributed by atoms with Gasteiger partial charge < -0.3 is 5.32 Å². The molecule has 94 valence electrons. The molecule has 1 saturated carbocycles. The van der Waals surface area contributed by atoms with Crippen LogP contribution >= 0.6 is 11.8 Å². The van der Waals surface area contributed by atoms with E-state index in [0.29, 0.717) is 12.2 Å². The molecule has 0 amide bonds. The van der Waals surface area contributed by atoms with Crippen molar-refractivity contribution in [3.8, 4) is 0 Å². The van der Waals surface area contributed by atoms with Crippen molar-refractivity contribution < 1.29 is 13.2 Å². The second kappa shape index (κ2) is 4.40. The maximum atomic E-state index is 12.4. The van der Waals surface area contributed by atoms with Gasteiger partial charge in [0.1, 0.15) is 5.69 Å². The van der Waals surface area contributed by atoms with E-state index < -0.39 is 11.9 Å². The van der Waals surface area contributed by atoms with E-state index in [4.69, 9.17) is 0 Å². The largest absolute Gasteiger partial charge is 0.433 e. The first-order valence-electron chi connectivity index (χ1n) is 5.27. The highest BCUT2D eigenvalue weighted by Gasteiger charge is 2.41. The highest BCUT2D eigenvalue weighted by Crippen LogP contribution is 2.47. The molecule has 2 nitrogen and oxygen atoms in total. The highest BCUT2D eigenvalue weighted by atomic mass is 32.2. The maximum Gasteiger partial charge on any atom is 0.433 e. The van der Waals surface area contributed by atoms with Crippen LogP contribution in [-0.2, 0) is 6.18 Å². The zero-order valence-electron chi connectivity index (χ0n) is 9.34. The number of anilines is 1. The summed E-state index contributed by atoms with van der Waals surface area (Å²) in [5.74, 6) is 0. The minimum atomic E-state index is -4.38. The van der Waals surface area contributed by atoms with E-state index in [1.807, 2.05) is 6.26 Å². The molecule has 1 heterocycles. The van der Waals surface area contributed by atoms with Gasteiger partial charge in [-0.2, -0.15) is 24.9 Å². The van der Waals surface area contributed by atoms with Crippen LogP contribution in [0.3, 0.4) is 0 Å². The van der Waals surface area contributed by atoms with Gasteiger partial charge in [0.25, 0.3) is 0 Å². The van der Waals surface area contributed by atoms with Gasteiger partial charge in [-0.15, -0.1) is 0 Å². The summed E-state index contributed by atoms with van der Waals surface area (Å²) >= 11 is 1.77. The predicted molar refractivity (Wildman–Crippen MR) is 63.2 cm³/mol. The fourth-order valence-electron chi connectivity index (χ4n) is 1.55. The lowest BCUT2D eigenvalue weighted by Crippen LogP contribution is -2.18. The van der Waals surface area contributed by atoms with Crippen molar-refractivity contribution in [3.05, 3.63) is 24.0 Å². The SMILES string of the molecule is CSC1(CNc2ccnc(C(F)(F)F)c2)CC1. The topological polar surface area (TPSA) is 24.9 Å². The first-order chi connectivity index (χ1) is 7.95. The first kappa shape index (κ1) is 12.5. The normalized spacial score (nSPS) is 17.9. The second-order valence-electron chi connectivity index (χ2n) is 4.17. The van der Waals surface area contributed by atoms with Gasteiger partial charge in [-0.1, -0.05) is 0 Å². The standard InChI is InChI=1S/C11H13F3N2S/c1-17-10(3-4-10)7-16-8-2-5-15-9(6-8)11(12,13)14/h2,5-6H,3-4,7H2,1H3,(H,15,16). The van der Waals surface area contributed by atoms with Gasteiger partial charge in [0.05, 0.1) is 0 Å². The van der Waals surface area contributed by atoms with Crippen molar-refractivity contribution in [2.24, 2.45) is 0 Å². The number of nitrogens with zero attached hydrogens (tertiary/aromatic N) is 1. The van der Waals surface area contributed by atoms with Gasteiger partial charge in [-0.3, -0.25) is 4.98 Å². The molecular formula is C11H13F3N2S. The molecule has 0 saturated heterocycles. The summed E-state index contributed by atoms with van der Waals surface area (Å²) < 4.78 is 37.5. The van der Waals surface area contributed by atoms with E-state index >= 15 is 0 Å². The Morgan fingerprint density at radius 2 is 2.18 bits per heavy atom. The Bertz CT molecular complexity index is 402. The number of hydrogen-bond acceptors (Lipinski definition) is 3. The molecule has 0 unspecified atom stereocenters. The van der Waals surface area contributed by atoms with Crippen molar-refractivity contribution in [2.45, 2.75) is 23.8 Å². The average molecular weight is 262 g/mol. The fraction of sp³-hybridized carbons (Fsp3) is 0.545. The molecule has 0 spiro atoms. The monoisotopic (exact) mass is 262 g/mol. The summed E-state index contributed by atoms with van der Waals surface area (Å²) in [5, 5.41) is 3.05. The molecule has 1 fully saturated rings. The number of thioether (sulfide) groups is 1. The van der Waals surface area contributed by atoms with Crippen LogP contribution in [0.15, 0.2) is 18.3 Å². The summed E-state index contributed by atoms with van der Waals surface area (Å²) in [6.45, 7) is 0.704. The van der Waals surface area contributed by atoms with E-state index in [0.717, 1.165) is 18.9 Å². The van der Waals surface area contributed by atoms with Crippen LogP contribution in [0.1, 0.15) is 18.5 Å². The van der Waals surface area contributed by atoms with Gasteiger partial charge in [-0.25, -0.2) is 0 Å². The zero-order chi connectivity index (χ0) is 12.5. The molecule has 1 aromatic heterocycles. The van der Waals surface area contributed by atoms with Crippen LogP contribution in [-0.4, -0.2) is 22.5 Å². The smallest absolute Gasteiger partial charge is 0.384 e. The number of rotatable bonds is 4. The third-order valence-electron chi connectivity index (χ3n) is 2.91. The van der Waals surface area contributed by atoms with Crippen LogP contribution in [0.4, 0.5) is 18.9 Å². The average Bonchev–Trinajstić information content (AvgIpc) is 3.06. The third kappa shape index (κ3) is 3.06. The Hall–Kier alpha value is -0.910. The Labute approximate surface area is 102 Å². The van der Waals surface area contributed by atoms with Crippen LogP contribution in [0.2, 0.25) is 0 Å². The minimum Gasteiger partial charge on any atom is -0.384 e. The molecule has 1 N–H and O–H groups in total. The Balaban J connectivity index is 2.02.